The fourth-order valence-corrected chi connectivity index (χ4v) is 3.35. The first-order valence-corrected chi connectivity index (χ1v) is 8.66. The van der Waals surface area contributed by atoms with Gasteiger partial charge in [-0.2, -0.15) is 10.1 Å². The summed E-state index contributed by atoms with van der Waals surface area (Å²) in [6.07, 6.45) is 2.62. The van der Waals surface area contributed by atoms with Crippen molar-refractivity contribution in [3.8, 4) is 11.5 Å². The predicted octanol–water partition coefficient (Wildman–Crippen LogP) is 3.24. The lowest BCUT2D eigenvalue weighted by Gasteiger charge is -2.06. The Morgan fingerprint density at radius 1 is 1.15 bits per heavy atom. The van der Waals surface area contributed by atoms with E-state index in [1.165, 1.54) is 24.4 Å². The van der Waals surface area contributed by atoms with E-state index >= 15 is 0 Å². The van der Waals surface area contributed by atoms with Crippen LogP contribution in [-0.4, -0.2) is 36.6 Å². The highest BCUT2D eigenvalue weighted by Gasteiger charge is 2.32. The molecule has 1 fully saturated rings. The molecule has 2 N–H and O–H groups in total. The first-order chi connectivity index (χ1) is 12.9. The quantitative estimate of drug-likeness (QED) is 0.266. The Kier molecular flexibility index (Phi) is 5.19. The van der Waals surface area contributed by atoms with Gasteiger partial charge in [-0.05, 0) is 36.5 Å². The normalized spacial score (nSPS) is 15.9. The molecular weight excluding hydrogens is 390 g/mol. The Hall–Kier alpha value is -3.24. The first-order valence-electron chi connectivity index (χ1n) is 7.44. The molecule has 1 saturated heterocycles. The van der Waals surface area contributed by atoms with E-state index in [4.69, 9.17) is 12.2 Å². The van der Waals surface area contributed by atoms with E-state index in [0.29, 0.717) is 5.56 Å². The zero-order chi connectivity index (χ0) is 19.6. The van der Waals surface area contributed by atoms with Gasteiger partial charge in [0.25, 0.3) is 11.6 Å². The maximum absolute atomic E-state index is 12.5. The Labute approximate surface area is 162 Å². The van der Waals surface area contributed by atoms with Crippen LogP contribution in [0.4, 0.5) is 5.69 Å². The second-order valence-corrected chi connectivity index (χ2v) is 6.97. The smallest absolute Gasteiger partial charge is 0.286 e. The van der Waals surface area contributed by atoms with Gasteiger partial charge in [0, 0.05) is 23.3 Å². The van der Waals surface area contributed by atoms with Gasteiger partial charge in [-0.1, -0.05) is 23.9 Å². The molecule has 0 bridgehead atoms. The highest BCUT2D eigenvalue weighted by Crippen LogP contribution is 2.35. The number of carbonyl (C=O) groups excluding carboxylic acids is 1. The minimum absolute atomic E-state index is 0.00347. The van der Waals surface area contributed by atoms with Crippen LogP contribution >= 0.6 is 24.0 Å². The summed E-state index contributed by atoms with van der Waals surface area (Å²) in [5, 5.41) is 35.5. The van der Waals surface area contributed by atoms with Crippen LogP contribution in [0.15, 0.2) is 52.5 Å². The van der Waals surface area contributed by atoms with Crippen LogP contribution in [0.1, 0.15) is 11.1 Å². The van der Waals surface area contributed by atoms with E-state index in [9.17, 15) is 25.1 Å². The number of non-ortho nitro benzene ring substituents is 1. The monoisotopic (exact) mass is 401 g/mol. The number of nitro benzene ring substituents is 1. The van der Waals surface area contributed by atoms with Crippen LogP contribution < -0.4 is 0 Å². The van der Waals surface area contributed by atoms with E-state index in [-0.39, 0.29) is 32.0 Å². The fourth-order valence-electron chi connectivity index (χ4n) is 2.19. The van der Waals surface area contributed by atoms with E-state index in [1.807, 2.05) is 0 Å². The highest BCUT2D eigenvalue weighted by molar-refractivity contribution is 8.26. The average molecular weight is 401 g/mol. The van der Waals surface area contributed by atoms with Crippen molar-refractivity contribution in [1.82, 2.24) is 5.01 Å². The number of thioether (sulfide) groups is 1. The number of nitrogens with zero attached hydrogens (tertiary/aromatic N) is 3. The second-order valence-electron chi connectivity index (χ2n) is 5.30. The van der Waals surface area contributed by atoms with Crippen LogP contribution in [-0.2, 0) is 4.79 Å². The number of hydrogen-bond donors (Lipinski definition) is 2. The van der Waals surface area contributed by atoms with E-state index in [2.05, 4.69) is 5.10 Å². The number of benzene rings is 2. The van der Waals surface area contributed by atoms with Crippen LogP contribution in [0.3, 0.4) is 0 Å². The molecule has 0 saturated carbocycles. The van der Waals surface area contributed by atoms with Crippen molar-refractivity contribution < 1.29 is 19.9 Å². The zero-order valence-corrected chi connectivity index (χ0v) is 15.1. The number of hydrazone groups is 1. The van der Waals surface area contributed by atoms with Crippen molar-refractivity contribution in [3.05, 3.63) is 68.6 Å². The largest absolute Gasteiger partial charge is 0.507 e. The molecule has 8 nitrogen and oxygen atoms in total. The summed E-state index contributed by atoms with van der Waals surface area (Å²) < 4.78 is 0.155. The maximum Gasteiger partial charge on any atom is 0.286 e. The topological polar surface area (TPSA) is 116 Å². The maximum atomic E-state index is 12.5. The Morgan fingerprint density at radius 2 is 1.85 bits per heavy atom. The second kappa shape index (κ2) is 7.56. The highest BCUT2D eigenvalue weighted by atomic mass is 32.2. The van der Waals surface area contributed by atoms with Crippen LogP contribution in [0, 0.1) is 10.1 Å². The molecular formula is C17H11N3O5S2. The molecule has 0 spiro atoms. The molecule has 0 atom stereocenters. The minimum atomic E-state index is -0.599. The van der Waals surface area contributed by atoms with Gasteiger partial charge in [-0.3, -0.25) is 14.9 Å². The molecule has 3 rings (SSSR count). The molecule has 0 radical (unpaired) electrons. The summed E-state index contributed by atoms with van der Waals surface area (Å²) in [7, 11) is 0. The fraction of sp³-hybridized carbons (Fsp3) is 0. The first kappa shape index (κ1) is 18.5. The van der Waals surface area contributed by atoms with Gasteiger partial charge in [0.15, 0.2) is 4.32 Å². The van der Waals surface area contributed by atoms with Gasteiger partial charge in [0.05, 0.1) is 16.0 Å². The molecule has 1 aliphatic heterocycles. The third-order valence-electron chi connectivity index (χ3n) is 3.53. The van der Waals surface area contributed by atoms with Crippen LogP contribution in [0.2, 0.25) is 0 Å². The molecule has 1 aliphatic rings. The van der Waals surface area contributed by atoms with Crippen molar-refractivity contribution in [2.24, 2.45) is 5.10 Å². The van der Waals surface area contributed by atoms with Gasteiger partial charge < -0.3 is 10.2 Å². The number of rotatable bonds is 4. The van der Waals surface area contributed by atoms with Crippen molar-refractivity contribution in [2.75, 3.05) is 0 Å². The number of thiocarbonyl (C=S) groups is 1. The molecule has 0 unspecified atom stereocenters. The molecule has 2 aromatic carbocycles. The van der Waals surface area contributed by atoms with E-state index in [0.717, 1.165) is 28.9 Å². The van der Waals surface area contributed by atoms with Crippen molar-refractivity contribution in [1.29, 1.82) is 0 Å². The van der Waals surface area contributed by atoms with Gasteiger partial charge in [0.2, 0.25) is 0 Å². The SMILES string of the molecule is O=C1/C(=C\c2cc([N+](=O)[O-])ccc2O)SC(=S)N1/N=C/c1ccccc1O. The number of hydrogen-bond acceptors (Lipinski definition) is 8. The molecule has 1 heterocycles. The standard InChI is InChI=1S/C17H11N3O5S2/c21-13-4-2-1-3-10(13)9-18-19-16(23)15(27-17(19)26)8-11-7-12(20(24)25)5-6-14(11)22/h1-9,21-22H/b15-8+,18-9+. The van der Waals surface area contributed by atoms with Gasteiger partial charge >= 0.3 is 0 Å². The summed E-state index contributed by atoms with van der Waals surface area (Å²) >= 11 is 6.09. The Bertz CT molecular complexity index is 1020. The predicted molar refractivity (Wildman–Crippen MR) is 105 cm³/mol. The van der Waals surface area contributed by atoms with E-state index < -0.39 is 10.8 Å². The van der Waals surface area contributed by atoms with Crippen molar-refractivity contribution in [3.63, 3.8) is 0 Å². The zero-order valence-electron chi connectivity index (χ0n) is 13.5. The molecule has 0 aromatic heterocycles. The summed E-state index contributed by atoms with van der Waals surface area (Å²) in [6, 6.07) is 9.96. The van der Waals surface area contributed by atoms with Crippen LogP contribution in [0.5, 0.6) is 11.5 Å². The third kappa shape index (κ3) is 3.96. The van der Waals surface area contributed by atoms with Gasteiger partial charge in [0.1, 0.15) is 11.5 Å². The summed E-state index contributed by atoms with van der Waals surface area (Å²) in [5.41, 5.74) is 0.313. The van der Waals surface area contributed by atoms with Crippen LogP contribution in [0.25, 0.3) is 6.08 Å². The number of phenols is 2. The van der Waals surface area contributed by atoms with Crippen molar-refractivity contribution >= 4 is 52.2 Å². The number of para-hydroxylation sites is 1. The number of carbonyl (C=O) groups is 1. The van der Waals surface area contributed by atoms with Gasteiger partial charge in [-0.25, -0.2) is 0 Å². The summed E-state index contributed by atoms with van der Waals surface area (Å²) in [6.45, 7) is 0. The summed E-state index contributed by atoms with van der Waals surface area (Å²) in [5.74, 6) is -0.741. The van der Waals surface area contributed by atoms with Crippen molar-refractivity contribution in [2.45, 2.75) is 0 Å². The number of amides is 1. The number of nitro groups is 1. The van der Waals surface area contributed by atoms with E-state index in [1.54, 1.807) is 18.2 Å². The molecule has 10 heteroatoms. The lowest BCUT2D eigenvalue weighted by atomic mass is 10.1. The lowest BCUT2D eigenvalue weighted by molar-refractivity contribution is -0.384. The minimum Gasteiger partial charge on any atom is -0.507 e. The number of phenolic OH excluding ortho intramolecular Hbond substituents is 2. The third-order valence-corrected chi connectivity index (χ3v) is 4.81. The van der Waals surface area contributed by atoms with Gasteiger partial charge in [-0.15, -0.1) is 0 Å². The molecule has 1 amide bonds. The molecule has 0 aliphatic carbocycles. The average Bonchev–Trinajstić information content (AvgIpc) is 2.89. The lowest BCUT2D eigenvalue weighted by Crippen LogP contribution is -2.22. The Morgan fingerprint density at radius 3 is 2.56 bits per heavy atom. The number of aromatic hydroxyl groups is 2. The Balaban J connectivity index is 1.88. The summed E-state index contributed by atoms with van der Waals surface area (Å²) in [4.78, 5) is 23.0. The molecule has 27 heavy (non-hydrogen) atoms. The molecule has 136 valence electrons. The molecule has 2 aromatic rings.